The van der Waals surface area contributed by atoms with Crippen LogP contribution in [0.2, 0.25) is 0 Å². The van der Waals surface area contributed by atoms with Gasteiger partial charge in [0.15, 0.2) is 5.66 Å². The Morgan fingerprint density at radius 2 is 1.80 bits per heavy atom. The number of nitrogens with one attached hydrogen (secondary N) is 1. The molecule has 1 unspecified atom stereocenters. The number of ketones is 1. The molecule has 0 aromatic heterocycles. The van der Waals surface area contributed by atoms with E-state index in [-0.39, 0.29) is 11.2 Å². The molecule has 1 heterocycles. The molecule has 2 rings (SSSR count). The Labute approximate surface area is 119 Å². The van der Waals surface area contributed by atoms with Crippen LogP contribution in [-0.2, 0) is 5.41 Å². The van der Waals surface area contributed by atoms with E-state index < -0.39 is 5.66 Å². The zero-order valence-electron chi connectivity index (χ0n) is 12.1. The molecule has 1 aliphatic heterocycles. The Balaban J connectivity index is 2.31. The fourth-order valence-electron chi connectivity index (χ4n) is 2.09. The zero-order chi connectivity index (χ0) is 15.0. The summed E-state index contributed by atoms with van der Waals surface area (Å²) in [5.74, 6) is -0.240. The van der Waals surface area contributed by atoms with Crippen molar-refractivity contribution in [3.8, 4) is 0 Å². The quantitative estimate of drug-likeness (QED) is 0.716. The van der Waals surface area contributed by atoms with Crippen LogP contribution in [0, 0.1) is 0 Å². The van der Waals surface area contributed by atoms with Crippen LogP contribution in [0.4, 0.5) is 0 Å². The second kappa shape index (κ2) is 4.80. The zero-order valence-corrected chi connectivity index (χ0v) is 12.1. The topological polar surface area (TPSA) is 81.1 Å². The van der Waals surface area contributed by atoms with Crippen molar-refractivity contribution in [3.63, 3.8) is 0 Å². The van der Waals surface area contributed by atoms with Crippen molar-refractivity contribution in [2.45, 2.75) is 31.8 Å². The molecule has 0 saturated carbocycles. The number of carbonyl (C=O) groups excluding carboxylic acids is 1. The van der Waals surface area contributed by atoms with Gasteiger partial charge in [0.1, 0.15) is 0 Å². The van der Waals surface area contributed by atoms with E-state index in [1.807, 2.05) is 12.1 Å². The maximum atomic E-state index is 12.6. The van der Waals surface area contributed by atoms with Crippen molar-refractivity contribution in [2.24, 2.45) is 11.5 Å². The molecule has 0 fully saturated rings. The Kier molecular flexibility index (Phi) is 3.44. The monoisotopic (exact) mass is 271 g/mol. The van der Waals surface area contributed by atoms with Crippen LogP contribution >= 0.6 is 0 Å². The predicted octanol–water partition coefficient (Wildman–Crippen LogP) is 1.78. The van der Waals surface area contributed by atoms with Crippen LogP contribution in [0.25, 0.3) is 0 Å². The van der Waals surface area contributed by atoms with E-state index in [1.165, 1.54) is 5.56 Å². The van der Waals surface area contributed by atoms with Gasteiger partial charge in [-0.05, 0) is 29.3 Å². The van der Waals surface area contributed by atoms with Gasteiger partial charge in [0.05, 0.1) is 5.70 Å². The molecule has 1 aliphatic rings. The number of dihydropyridines is 1. The summed E-state index contributed by atoms with van der Waals surface area (Å²) >= 11 is 0. The standard InChI is InChI=1S/C16H21N3O/c1-15(2,3)12-8-6-11(7-9-12)14(20)16(18)13(17)5-4-10-19-16/h4-10,19H,17-18H2,1-3H3. The number of nitrogens with two attached hydrogens (primary N) is 2. The van der Waals surface area contributed by atoms with Crippen LogP contribution in [-0.4, -0.2) is 11.4 Å². The molecule has 5 N–H and O–H groups in total. The van der Waals surface area contributed by atoms with Crippen LogP contribution in [0.15, 0.2) is 48.3 Å². The van der Waals surface area contributed by atoms with Gasteiger partial charge in [0.25, 0.3) is 0 Å². The molecule has 20 heavy (non-hydrogen) atoms. The molecule has 0 amide bonds. The molecular weight excluding hydrogens is 250 g/mol. The Morgan fingerprint density at radius 1 is 1.20 bits per heavy atom. The molecule has 0 aliphatic carbocycles. The summed E-state index contributed by atoms with van der Waals surface area (Å²) in [5, 5.41) is 2.84. The molecule has 1 atom stereocenters. The van der Waals surface area contributed by atoms with Crippen LogP contribution in [0.1, 0.15) is 36.7 Å². The highest BCUT2D eigenvalue weighted by atomic mass is 16.1. The van der Waals surface area contributed by atoms with Gasteiger partial charge >= 0.3 is 0 Å². The van der Waals surface area contributed by atoms with Crippen molar-refractivity contribution in [1.82, 2.24) is 5.32 Å². The summed E-state index contributed by atoms with van der Waals surface area (Å²) in [6.07, 6.45) is 4.98. The SMILES string of the molecule is CC(C)(C)c1ccc(C(=O)C2(N)NC=CC=C2N)cc1. The minimum absolute atomic E-state index is 0.0483. The second-order valence-corrected chi connectivity index (χ2v) is 6.09. The minimum atomic E-state index is -1.36. The molecule has 4 heteroatoms. The lowest BCUT2D eigenvalue weighted by Crippen LogP contribution is -2.61. The summed E-state index contributed by atoms with van der Waals surface area (Å²) in [4.78, 5) is 12.6. The number of benzene rings is 1. The van der Waals surface area contributed by atoms with Gasteiger partial charge in [-0.3, -0.25) is 10.5 Å². The lowest BCUT2D eigenvalue weighted by atomic mass is 9.85. The number of Topliss-reactive ketones (excluding diaryl/α,β-unsaturated/α-hetero) is 1. The predicted molar refractivity (Wildman–Crippen MR) is 80.9 cm³/mol. The third-order valence-electron chi connectivity index (χ3n) is 3.51. The lowest BCUT2D eigenvalue weighted by Gasteiger charge is -2.31. The maximum absolute atomic E-state index is 12.6. The van der Waals surface area contributed by atoms with Crippen molar-refractivity contribution >= 4 is 5.78 Å². The summed E-state index contributed by atoms with van der Waals surface area (Å²) in [6, 6.07) is 7.50. The number of hydrogen-bond donors (Lipinski definition) is 3. The second-order valence-electron chi connectivity index (χ2n) is 6.09. The Bertz CT molecular complexity index is 579. The van der Waals surface area contributed by atoms with Crippen molar-refractivity contribution in [2.75, 3.05) is 0 Å². The van der Waals surface area contributed by atoms with Crippen LogP contribution in [0.5, 0.6) is 0 Å². The Morgan fingerprint density at radius 3 is 2.30 bits per heavy atom. The number of carbonyl (C=O) groups is 1. The van der Waals surface area contributed by atoms with Crippen LogP contribution in [0.3, 0.4) is 0 Å². The molecule has 106 valence electrons. The maximum Gasteiger partial charge on any atom is 0.209 e. The minimum Gasteiger partial charge on any atom is -0.399 e. The molecule has 0 spiro atoms. The molecule has 1 aromatic rings. The summed E-state index contributed by atoms with van der Waals surface area (Å²) < 4.78 is 0. The number of rotatable bonds is 2. The van der Waals surface area contributed by atoms with E-state index in [0.717, 1.165) is 0 Å². The first kappa shape index (κ1) is 14.3. The van der Waals surface area contributed by atoms with E-state index in [9.17, 15) is 4.79 Å². The average Bonchev–Trinajstić information content (AvgIpc) is 2.40. The van der Waals surface area contributed by atoms with E-state index in [4.69, 9.17) is 11.5 Å². The van der Waals surface area contributed by atoms with Crippen LogP contribution < -0.4 is 16.8 Å². The molecule has 1 aromatic carbocycles. The first-order valence-electron chi connectivity index (χ1n) is 6.60. The molecular formula is C16H21N3O. The van der Waals surface area contributed by atoms with Gasteiger partial charge in [0, 0.05) is 5.56 Å². The Hall–Kier alpha value is -2.07. The first-order chi connectivity index (χ1) is 9.25. The van der Waals surface area contributed by atoms with Crippen molar-refractivity contribution in [1.29, 1.82) is 0 Å². The first-order valence-corrected chi connectivity index (χ1v) is 6.60. The summed E-state index contributed by atoms with van der Waals surface area (Å²) in [5.41, 5.74) is 12.7. The van der Waals surface area contributed by atoms with Gasteiger partial charge in [-0.25, -0.2) is 0 Å². The number of hydrogen-bond acceptors (Lipinski definition) is 4. The highest BCUT2D eigenvalue weighted by Crippen LogP contribution is 2.24. The summed E-state index contributed by atoms with van der Waals surface area (Å²) in [6.45, 7) is 6.38. The highest BCUT2D eigenvalue weighted by molar-refractivity contribution is 6.05. The normalized spacial score (nSPS) is 22.1. The number of allylic oxidation sites excluding steroid dienone is 2. The average molecular weight is 271 g/mol. The van der Waals surface area contributed by atoms with Gasteiger partial charge in [0.2, 0.25) is 5.78 Å². The van der Waals surface area contributed by atoms with E-state index >= 15 is 0 Å². The highest BCUT2D eigenvalue weighted by Gasteiger charge is 2.37. The van der Waals surface area contributed by atoms with Gasteiger partial charge in [-0.1, -0.05) is 45.0 Å². The largest absolute Gasteiger partial charge is 0.399 e. The molecule has 0 bridgehead atoms. The third-order valence-corrected chi connectivity index (χ3v) is 3.51. The van der Waals surface area contributed by atoms with Crippen molar-refractivity contribution < 1.29 is 4.79 Å². The van der Waals surface area contributed by atoms with E-state index in [2.05, 4.69) is 26.1 Å². The smallest absolute Gasteiger partial charge is 0.209 e. The summed E-state index contributed by atoms with van der Waals surface area (Å²) in [7, 11) is 0. The van der Waals surface area contributed by atoms with E-state index in [1.54, 1.807) is 30.5 Å². The fourth-order valence-corrected chi connectivity index (χ4v) is 2.09. The lowest BCUT2D eigenvalue weighted by molar-refractivity contribution is 0.0896. The van der Waals surface area contributed by atoms with Gasteiger partial charge in [-0.2, -0.15) is 0 Å². The third kappa shape index (κ3) is 2.47. The van der Waals surface area contributed by atoms with Gasteiger partial charge < -0.3 is 11.1 Å². The fraction of sp³-hybridized carbons (Fsp3) is 0.312. The molecule has 0 saturated heterocycles. The molecule has 4 nitrogen and oxygen atoms in total. The van der Waals surface area contributed by atoms with E-state index in [0.29, 0.717) is 11.3 Å². The van der Waals surface area contributed by atoms with Crippen molar-refractivity contribution in [3.05, 3.63) is 59.4 Å². The molecule has 0 radical (unpaired) electrons. The van der Waals surface area contributed by atoms with Gasteiger partial charge in [-0.15, -0.1) is 0 Å².